The summed E-state index contributed by atoms with van der Waals surface area (Å²) >= 11 is 2.33. The number of rotatable bonds is 16. The maximum Gasteiger partial charge on any atom is 0.228 e. The molecule has 0 spiro atoms. The monoisotopic (exact) mass is 574 g/mol. The van der Waals surface area contributed by atoms with Gasteiger partial charge in [0.05, 0.1) is 24.0 Å². The molecule has 1 unspecified atom stereocenters. The standard InChI is InChI=1S/C22H34N6O6S3/c29-11-5-2-1-3-8-17(30)23-21-27-25-19(35-21)9-13-37(32,33)14-10-20-26-28-22(36-20)24-18(31)15-16-7-4-6-12-34-16/h16,29H,1-15H2,(H,23,27,30)(H,24,28,31). The molecule has 0 bridgehead atoms. The number of anilines is 2. The van der Waals surface area contributed by atoms with E-state index in [0.29, 0.717) is 33.3 Å². The Hall–Kier alpha value is -2.07. The van der Waals surface area contributed by atoms with E-state index in [1.165, 1.54) is 11.3 Å². The van der Waals surface area contributed by atoms with Gasteiger partial charge in [-0.05, 0) is 32.1 Å². The molecule has 3 rings (SSSR count). The molecule has 1 atom stereocenters. The van der Waals surface area contributed by atoms with Gasteiger partial charge in [0, 0.05) is 32.5 Å². The minimum Gasteiger partial charge on any atom is -0.396 e. The smallest absolute Gasteiger partial charge is 0.228 e. The third-order valence-corrected chi connectivity index (χ3v) is 9.13. The summed E-state index contributed by atoms with van der Waals surface area (Å²) in [4.78, 5) is 24.2. The van der Waals surface area contributed by atoms with Gasteiger partial charge in [-0.15, -0.1) is 20.4 Å². The zero-order valence-corrected chi connectivity index (χ0v) is 23.1. The van der Waals surface area contributed by atoms with E-state index in [1.54, 1.807) is 0 Å². The molecule has 3 N–H and O–H groups in total. The fourth-order valence-electron chi connectivity index (χ4n) is 3.68. The van der Waals surface area contributed by atoms with Crippen LogP contribution in [0.4, 0.5) is 10.3 Å². The quantitative estimate of drug-likeness (QED) is 0.253. The SMILES string of the molecule is O=C(CCCCCCO)Nc1nnc(CCS(=O)(=O)CCc2nnc(NC(=O)CC3CCCCO3)s2)s1. The first-order valence-corrected chi connectivity index (χ1v) is 16.0. The summed E-state index contributed by atoms with van der Waals surface area (Å²) in [6.45, 7) is 0.842. The van der Waals surface area contributed by atoms with E-state index < -0.39 is 9.84 Å². The third kappa shape index (κ3) is 11.5. The van der Waals surface area contributed by atoms with Crippen molar-refractivity contribution in [3.63, 3.8) is 0 Å². The van der Waals surface area contributed by atoms with Crippen LogP contribution in [0.5, 0.6) is 0 Å². The minimum absolute atomic E-state index is 0.0699. The second-order valence-electron chi connectivity index (χ2n) is 8.83. The van der Waals surface area contributed by atoms with Crippen LogP contribution >= 0.6 is 22.7 Å². The Labute approximate surface area is 224 Å². The highest BCUT2D eigenvalue weighted by Crippen LogP contribution is 2.20. The van der Waals surface area contributed by atoms with E-state index in [2.05, 4.69) is 31.0 Å². The van der Waals surface area contributed by atoms with Gasteiger partial charge in [0.1, 0.15) is 10.0 Å². The average molecular weight is 575 g/mol. The lowest BCUT2D eigenvalue weighted by atomic mass is 10.1. The van der Waals surface area contributed by atoms with Gasteiger partial charge >= 0.3 is 0 Å². The van der Waals surface area contributed by atoms with Crippen LogP contribution in [0.3, 0.4) is 0 Å². The van der Waals surface area contributed by atoms with Crippen molar-refractivity contribution in [3.05, 3.63) is 10.0 Å². The molecule has 1 fully saturated rings. The van der Waals surface area contributed by atoms with Crippen LogP contribution in [0, 0.1) is 0 Å². The van der Waals surface area contributed by atoms with Crippen LogP contribution in [-0.4, -0.2) is 76.6 Å². The number of sulfone groups is 1. The predicted molar refractivity (Wildman–Crippen MR) is 142 cm³/mol. The number of nitrogens with one attached hydrogen (secondary N) is 2. The topological polar surface area (TPSA) is 173 Å². The number of aromatic nitrogens is 4. The maximum absolute atomic E-state index is 12.5. The van der Waals surface area contributed by atoms with Gasteiger partial charge in [0.15, 0.2) is 9.84 Å². The number of aryl methyl sites for hydroxylation is 2. The predicted octanol–water partition coefficient (Wildman–Crippen LogP) is 2.37. The molecule has 2 aromatic heterocycles. The maximum atomic E-state index is 12.5. The number of aliphatic hydroxyl groups excluding tert-OH is 1. The van der Waals surface area contributed by atoms with Crippen molar-refractivity contribution >= 4 is 54.6 Å². The number of hydrogen-bond acceptors (Lipinski definition) is 12. The normalized spacial score (nSPS) is 16.0. The van der Waals surface area contributed by atoms with E-state index >= 15 is 0 Å². The number of carbonyl (C=O) groups excluding carboxylic acids is 2. The van der Waals surface area contributed by atoms with Crippen molar-refractivity contribution < 1.29 is 27.9 Å². The van der Waals surface area contributed by atoms with Crippen molar-refractivity contribution in [2.45, 2.75) is 76.7 Å². The molecule has 206 valence electrons. The van der Waals surface area contributed by atoms with Gasteiger partial charge in [0.2, 0.25) is 22.1 Å². The summed E-state index contributed by atoms with van der Waals surface area (Å²) in [7, 11) is -3.38. The highest BCUT2D eigenvalue weighted by Gasteiger charge is 2.20. The lowest BCUT2D eigenvalue weighted by Crippen LogP contribution is -2.25. The highest BCUT2D eigenvalue weighted by atomic mass is 32.2. The number of nitrogens with zero attached hydrogens (tertiary/aromatic N) is 4. The van der Waals surface area contributed by atoms with Crippen LogP contribution in [0.15, 0.2) is 0 Å². The zero-order chi connectivity index (χ0) is 26.5. The molecule has 37 heavy (non-hydrogen) atoms. The zero-order valence-electron chi connectivity index (χ0n) is 20.7. The van der Waals surface area contributed by atoms with E-state index in [-0.39, 0.29) is 55.3 Å². The lowest BCUT2D eigenvalue weighted by Gasteiger charge is -2.21. The number of hydrogen-bond donors (Lipinski definition) is 3. The largest absolute Gasteiger partial charge is 0.396 e. The van der Waals surface area contributed by atoms with Gasteiger partial charge in [-0.25, -0.2) is 8.42 Å². The molecule has 2 aromatic rings. The van der Waals surface area contributed by atoms with Crippen molar-refractivity contribution in [1.29, 1.82) is 0 Å². The van der Waals surface area contributed by atoms with Crippen molar-refractivity contribution in [2.24, 2.45) is 0 Å². The van der Waals surface area contributed by atoms with E-state index in [9.17, 15) is 18.0 Å². The summed E-state index contributed by atoms with van der Waals surface area (Å²) in [5.41, 5.74) is 0. The second-order valence-corrected chi connectivity index (χ2v) is 13.3. The Bertz CT molecular complexity index is 1100. The van der Waals surface area contributed by atoms with Gasteiger partial charge in [-0.2, -0.15) is 0 Å². The van der Waals surface area contributed by atoms with Crippen LogP contribution in [0.1, 0.15) is 67.8 Å². The molecule has 12 nitrogen and oxygen atoms in total. The van der Waals surface area contributed by atoms with Crippen LogP contribution in [0.2, 0.25) is 0 Å². The Balaban J connectivity index is 1.35. The highest BCUT2D eigenvalue weighted by molar-refractivity contribution is 7.91. The number of carbonyl (C=O) groups is 2. The number of unbranched alkanes of at least 4 members (excludes halogenated alkanes) is 3. The van der Waals surface area contributed by atoms with Gasteiger partial charge in [0.25, 0.3) is 0 Å². The van der Waals surface area contributed by atoms with E-state index in [1.807, 2.05) is 0 Å². The van der Waals surface area contributed by atoms with E-state index in [0.717, 1.165) is 56.3 Å². The number of amides is 2. The molecule has 0 aliphatic carbocycles. The average Bonchev–Trinajstić information content (AvgIpc) is 3.51. The molecule has 0 saturated carbocycles. The summed E-state index contributed by atoms with van der Waals surface area (Å²) in [5, 5.41) is 31.8. The summed E-state index contributed by atoms with van der Waals surface area (Å²) in [6.07, 6.45) is 7.14. The first kappa shape index (κ1) is 29.5. The molecule has 15 heteroatoms. The third-order valence-electron chi connectivity index (χ3n) is 5.68. The van der Waals surface area contributed by atoms with Crippen LogP contribution in [0.25, 0.3) is 0 Å². The fraction of sp³-hybridized carbons (Fsp3) is 0.727. The van der Waals surface area contributed by atoms with Crippen LogP contribution < -0.4 is 10.6 Å². The first-order chi connectivity index (χ1) is 17.8. The minimum atomic E-state index is -3.38. The molecule has 1 aliphatic heterocycles. The molecule has 3 heterocycles. The molecule has 1 aliphatic rings. The van der Waals surface area contributed by atoms with Gasteiger partial charge in [-0.1, -0.05) is 35.5 Å². The summed E-state index contributed by atoms with van der Waals surface area (Å²) in [6, 6.07) is 0. The molecular formula is C22H34N6O6S3. The van der Waals surface area contributed by atoms with Crippen LogP contribution in [-0.2, 0) is 37.0 Å². The van der Waals surface area contributed by atoms with Gasteiger partial charge < -0.3 is 20.5 Å². The number of ether oxygens (including phenoxy) is 1. The first-order valence-electron chi connectivity index (χ1n) is 12.5. The molecule has 0 radical (unpaired) electrons. The fourth-order valence-corrected chi connectivity index (χ4v) is 6.66. The van der Waals surface area contributed by atoms with Crippen molar-refractivity contribution in [3.8, 4) is 0 Å². The van der Waals surface area contributed by atoms with Crippen molar-refractivity contribution in [1.82, 2.24) is 20.4 Å². The Kier molecular flexibility index (Phi) is 12.2. The molecular weight excluding hydrogens is 540 g/mol. The van der Waals surface area contributed by atoms with E-state index in [4.69, 9.17) is 9.84 Å². The summed E-state index contributed by atoms with van der Waals surface area (Å²) in [5.74, 6) is -0.531. The Morgan fingerprint density at radius 2 is 1.51 bits per heavy atom. The second kappa shape index (κ2) is 15.4. The van der Waals surface area contributed by atoms with Crippen molar-refractivity contribution in [2.75, 3.05) is 35.4 Å². The molecule has 1 saturated heterocycles. The summed E-state index contributed by atoms with van der Waals surface area (Å²) < 4.78 is 30.6. The molecule has 0 aromatic carbocycles. The molecule has 2 amide bonds. The van der Waals surface area contributed by atoms with Gasteiger partial charge in [-0.3, -0.25) is 9.59 Å². The Morgan fingerprint density at radius 3 is 2.11 bits per heavy atom. The lowest BCUT2D eigenvalue weighted by molar-refractivity contribution is -0.120. The Morgan fingerprint density at radius 1 is 0.892 bits per heavy atom. The number of aliphatic hydroxyl groups is 1.